The van der Waals surface area contributed by atoms with Gasteiger partial charge in [0.15, 0.2) is 0 Å². The Morgan fingerprint density at radius 2 is 2.18 bits per heavy atom. The summed E-state index contributed by atoms with van der Waals surface area (Å²) in [5.74, 6) is -0.335. The molecule has 0 unspecified atom stereocenters. The number of likely N-dealkylation sites (N-methyl/N-ethyl adjacent to an activating group) is 1. The number of thiazole rings is 1. The van der Waals surface area contributed by atoms with Gasteiger partial charge in [-0.15, -0.1) is 11.3 Å². The number of nitrogens with zero attached hydrogens (tertiary/aromatic N) is 2. The Morgan fingerprint density at radius 1 is 1.41 bits per heavy atom. The molecule has 118 valence electrons. The van der Waals surface area contributed by atoms with Crippen molar-refractivity contribution in [3.8, 4) is 0 Å². The predicted octanol–water partition coefficient (Wildman–Crippen LogP) is 2.65. The van der Waals surface area contributed by atoms with E-state index in [1.54, 1.807) is 24.3 Å². The van der Waals surface area contributed by atoms with Crippen LogP contribution in [0.25, 0.3) is 0 Å². The Labute approximate surface area is 134 Å². The third kappa shape index (κ3) is 4.89. The molecule has 1 amide bonds. The van der Waals surface area contributed by atoms with Crippen LogP contribution in [0.15, 0.2) is 23.6 Å². The average molecular weight is 321 g/mol. The molecule has 1 aromatic carbocycles. The van der Waals surface area contributed by atoms with Crippen molar-refractivity contribution in [1.82, 2.24) is 15.2 Å². The molecule has 0 aliphatic carbocycles. The fourth-order valence-electron chi connectivity index (χ4n) is 2.06. The number of aromatic nitrogens is 1. The van der Waals surface area contributed by atoms with Gasteiger partial charge in [0.05, 0.1) is 17.2 Å². The third-order valence-electron chi connectivity index (χ3n) is 3.24. The first-order valence-corrected chi connectivity index (χ1v) is 7.93. The zero-order chi connectivity index (χ0) is 16.1. The second-order valence-electron chi connectivity index (χ2n) is 5.39. The van der Waals surface area contributed by atoms with Gasteiger partial charge in [0, 0.05) is 18.5 Å². The van der Waals surface area contributed by atoms with Crippen molar-refractivity contribution in [3.05, 3.63) is 51.2 Å². The number of nitrogens with one attached hydrogen (secondary N) is 1. The smallest absolute Gasteiger partial charge is 0.234 e. The molecule has 2 rings (SSSR count). The van der Waals surface area contributed by atoms with Gasteiger partial charge in [-0.1, -0.05) is 12.1 Å². The summed E-state index contributed by atoms with van der Waals surface area (Å²) in [4.78, 5) is 18.2. The highest BCUT2D eigenvalue weighted by atomic mass is 32.1. The van der Waals surface area contributed by atoms with Gasteiger partial charge in [-0.2, -0.15) is 0 Å². The molecule has 0 spiro atoms. The standard InChI is InChI=1S/C16H20FN3OS/c1-11-4-5-13(6-15(11)17)7-18-16(21)9-20(3)8-14-10-22-12(2)19-14/h4-6,10H,7-9H2,1-3H3,(H,18,21). The first-order chi connectivity index (χ1) is 10.4. The normalized spacial score (nSPS) is 11.0. The van der Waals surface area contributed by atoms with Crippen molar-refractivity contribution >= 4 is 17.2 Å². The maximum absolute atomic E-state index is 13.4. The monoisotopic (exact) mass is 321 g/mol. The number of benzene rings is 1. The van der Waals surface area contributed by atoms with Crippen LogP contribution in [0.4, 0.5) is 4.39 Å². The number of amides is 1. The molecule has 1 heterocycles. The largest absolute Gasteiger partial charge is 0.351 e. The van der Waals surface area contributed by atoms with Gasteiger partial charge >= 0.3 is 0 Å². The molecule has 6 heteroatoms. The van der Waals surface area contributed by atoms with E-state index in [-0.39, 0.29) is 18.3 Å². The molecule has 0 saturated heterocycles. The molecule has 0 aliphatic heterocycles. The van der Waals surface area contributed by atoms with Crippen LogP contribution in [0.5, 0.6) is 0 Å². The molecule has 0 aliphatic rings. The molecule has 0 radical (unpaired) electrons. The van der Waals surface area contributed by atoms with Crippen molar-refractivity contribution in [2.75, 3.05) is 13.6 Å². The van der Waals surface area contributed by atoms with Crippen LogP contribution in [0, 0.1) is 19.7 Å². The minimum Gasteiger partial charge on any atom is -0.351 e. The van der Waals surface area contributed by atoms with E-state index in [0.29, 0.717) is 18.7 Å². The SMILES string of the molecule is Cc1nc(CN(C)CC(=O)NCc2ccc(C)c(F)c2)cs1. The highest BCUT2D eigenvalue weighted by Gasteiger charge is 2.09. The zero-order valence-corrected chi connectivity index (χ0v) is 13.8. The first-order valence-electron chi connectivity index (χ1n) is 7.05. The van der Waals surface area contributed by atoms with Gasteiger partial charge in [0.25, 0.3) is 0 Å². The summed E-state index contributed by atoms with van der Waals surface area (Å²) in [6.07, 6.45) is 0. The lowest BCUT2D eigenvalue weighted by Gasteiger charge is -2.15. The maximum Gasteiger partial charge on any atom is 0.234 e. The van der Waals surface area contributed by atoms with Gasteiger partial charge in [-0.3, -0.25) is 9.69 Å². The number of rotatable bonds is 6. The summed E-state index contributed by atoms with van der Waals surface area (Å²) in [6, 6.07) is 4.99. The Morgan fingerprint density at radius 3 is 2.82 bits per heavy atom. The van der Waals surface area contributed by atoms with E-state index < -0.39 is 0 Å². The Hall–Kier alpha value is -1.79. The molecule has 4 nitrogen and oxygen atoms in total. The van der Waals surface area contributed by atoms with Gasteiger partial charge < -0.3 is 5.32 Å². The lowest BCUT2D eigenvalue weighted by molar-refractivity contribution is -0.122. The highest BCUT2D eigenvalue weighted by molar-refractivity contribution is 7.09. The van der Waals surface area contributed by atoms with Gasteiger partial charge in [-0.25, -0.2) is 9.37 Å². The number of carbonyl (C=O) groups is 1. The van der Waals surface area contributed by atoms with Crippen molar-refractivity contribution in [2.45, 2.75) is 26.9 Å². The molecule has 0 bridgehead atoms. The molecular weight excluding hydrogens is 301 g/mol. The van der Waals surface area contributed by atoms with E-state index in [2.05, 4.69) is 10.3 Å². The lowest BCUT2D eigenvalue weighted by atomic mass is 10.1. The van der Waals surface area contributed by atoms with Crippen molar-refractivity contribution < 1.29 is 9.18 Å². The summed E-state index contributed by atoms with van der Waals surface area (Å²) in [5, 5.41) is 5.82. The minimum absolute atomic E-state index is 0.0876. The first kappa shape index (κ1) is 16.6. The summed E-state index contributed by atoms with van der Waals surface area (Å²) < 4.78 is 13.4. The van der Waals surface area contributed by atoms with Crippen LogP contribution in [0.2, 0.25) is 0 Å². The molecular formula is C16H20FN3OS. The molecule has 0 atom stereocenters. The molecule has 1 N–H and O–H groups in total. The fourth-order valence-corrected chi connectivity index (χ4v) is 2.67. The number of carbonyl (C=O) groups excluding carboxylic acids is 1. The number of hydrogen-bond donors (Lipinski definition) is 1. The second-order valence-corrected chi connectivity index (χ2v) is 6.45. The molecule has 0 fully saturated rings. The number of hydrogen-bond acceptors (Lipinski definition) is 4. The topological polar surface area (TPSA) is 45.2 Å². The summed E-state index contributed by atoms with van der Waals surface area (Å²) in [6.45, 7) is 4.93. The van der Waals surface area contributed by atoms with Crippen molar-refractivity contribution in [2.24, 2.45) is 0 Å². The summed E-state index contributed by atoms with van der Waals surface area (Å²) >= 11 is 1.60. The molecule has 0 saturated carbocycles. The predicted molar refractivity (Wildman–Crippen MR) is 86.2 cm³/mol. The van der Waals surface area contributed by atoms with Gasteiger partial charge in [-0.05, 0) is 38.1 Å². The molecule has 1 aromatic heterocycles. The van der Waals surface area contributed by atoms with Crippen LogP contribution >= 0.6 is 11.3 Å². The Bertz CT molecular complexity index is 657. The van der Waals surface area contributed by atoms with E-state index in [1.807, 2.05) is 30.3 Å². The molecule has 2 aromatic rings. The van der Waals surface area contributed by atoms with Gasteiger partial charge in [0.1, 0.15) is 5.82 Å². The average Bonchev–Trinajstić information content (AvgIpc) is 2.85. The minimum atomic E-state index is -0.247. The summed E-state index contributed by atoms with van der Waals surface area (Å²) in [7, 11) is 1.87. The highest BCUT2D eigenvalue weighted by Crippen LogP contribution is 2.10. The number of halogens is 1. The maximum atomic E-state index is 13.4. The van der Waals surface area contributed by atoms with E-state index in [1.165, 1.54) is 6.07 Å². The van der Waals surface area contributed by atoms with E-state index in [4.69, 9.17) is 0 Å². The molecule has 22 heavy (non-hydrogen) atoms. The van der Waals surface area contributed by atoms with Crippen molar-refractivity contribution in [1.29, 1.82) is 0 Å². The fraction of sp³-hybridized carbons (Fsp3) is 0.375. The second kappa shape index (κ2) is 7.47. The Balaban J connectivity index is 1.78. The van der Waals surface area contributed by atoms with Crippen LogP contribution in [-0.2, 0) is 17.9 Å². The van der Waals surface area contributed by atoms with Crippen LogP contribution in [0.3, 0.4) is 0 Å². The van der Waals surface area contributed by atoms with Crippen LogP contribution < -0.4 is 5.32 Å². The van der Waals surface area contributed by atoms with Crippen LogP contribution in [0.1, 0.15) is 21.8 Å². The van der Waals surface area contributed by atoms with Crippen LogP contribution in [-0.4, -0.2) is 29.4 Å². The van der Waals surface area contributed by atoms with Gasteiger partial charge in [0.2, 0.25) is 5.91 Å². The lowest BCUT2D eigenvalue weighted by Crippen LogP contribution is -2.34. The Kier molecular flexibility index (Phi) is 5.63. The van der Waals surface area contributed by atoms with E-state index in [0.717, 1.165) is 16.3 Å². The number of aryl methyl sites for hydroxylation is 2. The quantitative estimate of drug-likeness (QED) is 0.889. The summed E-state index contributed by atoms with van der Waals surface area (Å²) in [5.41, 5.74) is 2.33. The third-order valence-corrected chi connectivity index (χ3v) is 4.06. The van der Waals surface area contributed by atoms with Crippen molar-refractivity contribution in [3.63, 3.8) is 0 Å². The van der Waals surface area contributed by atoms with E-state index >= 15 is 0 Å². The zero-order valence-electron chi connectivity index (χ0n) is 13.0. The van der Waals surface area contributed by atoms with E-state index in [9.17, 15) is 9.18 Å².